The van der Waals surface area contributed by atoms with Gasteiger partial charge in [-0.1, -0.05) is 78.4 Å². The zero-order valence-corrected chi connectivity index (χ0v) is 24.0. The Labute approximate surface area is 225 Å². The summed E-state index contributed by atoms with van der Waals surface area (Å²) in [5.41, 5.74) is 3.42. The highest BCUT2D eigenvalue weighted by molar-refractivity contribution is 7.11. The maximum absolute atomic E-state index is 14.2. The van der Waals surface area contributed by atoms with Crippen LogP contribution in [0.5, 0.6) is 0 Å². The molecular weight excluding hydrogens is 484 g/mol. The molecule has 2 aromatic heterocycles. The summed E-state index contributed by atoms with van der Waals surface area (Å²) in [4.78, 5) is 20.5. The average molecular weight is 527 g/mol. The maximum Gasteiger partial charge on any atom is 0.261 e. The summed E-state index contributed by atoms with van der Waals surface area (Å²) in [7, 11) is 0. The monoisotopic (exact) mass is 526 g/mol. The molecule has 2 aliphatic rings. The average Bonchev–Trinajstić information content (AvgIpc) is 3.68. The van der Waals surface area contributed by atoms with Gasteiger partial charge in [-0.2, -0.15) is 0 Å². The molecule has 1 N–H and O–H groups in total. The van der Waals surface area contributed by atoms with Gasteiger partial charge in [-0.15, -0.1) is 22.7 Å². The highest BCUT2D eigenvalue weighted by Gasteiger charge is 2.49. The van der Waals surface area contributed by atoms with E-state index in [0.717, 1.165) is 64.5 Å². The Balaban J connectivity index is 1.80. The van der Waals surface area contributed by atoms with E-state index in [-0.39, 0.29) is 5.91 Å². The van der Waals surface area contributed by atoms with Crippen LogP contribution in [0.2, 0.25) is 0 Å². The van der Waals surface area contributed by atoms with Crippen molar-refractivity contribution in [2.24, 2.45) is 11.8 Å². The number of carbonyl (C=O) groups excluding carboxylic acids is 1. The van der Waals surface area contributed by atoms with E-state index >= 15 is 0 Å². The van der Waals surface area contributed by atoms with Gasteiger partial charge < -0.3 is 14.9 Å². The van der Waals surface area contributed by atoms with Gasteiger partial charge in [-0.05, 0) is 47.6 Å². The van der Waals surface area contributed by atoms with E-state index in [9.17, 15) is 9.90 Å². The number of rotatable bonds is 14. The van der Waals surface area contributed by atoms with E-state index in [4.69, 9.17) is 0 Å². The molecule has 3 unspecified atom stereocenters. The fourth-order valence-electron chi connectivity index (χ4n) is 5.61. The second kappa shape index (κ2) is 12.6. The lowest BCUT2D eigenvalue weighted by molar-refractivity contribution is -0.123. The number of hydrogen-bond acceptors (Lipinski definition) is 5. The minimum Gasteiger partial charge on any atom is -0.369 e. The number of carbonyl (C=O) groups is 1. The van der Waals surface area contributed by atoms with Crippen molar-refractivity contribution in [3.8, 4) is 0 Å². The first-order valence-corrected chi connectivity index (χ1v) is 15.6. The first kappa shape index (κ1) is 27.2. The molecule has 0 saturated heterocycles. The fraction of sp³-hybridized carbons (Fsp3) is 0.567. The summed E-state index contributed by atoms with van der Waals surface area (Å²) in [6.07, 6.45) is 8.33. The topological polar surface area (TPSA) is 43.8 Å². The smallest absolute Gasteiger partial charge is 0.261 e. The van der Waals surface area contributed by atoms with Crippen LogP contribution >= 0.6 is 22.7 Å². The van der Waals surface area contributed by atoms with Gasteiger partial charge in [0, 0.05) is 18.7 Å². The Hall–Kier alpha value is -1.89. The Bertz CT molecular complexity index is 1050. The van der Waals surface area contributed by atoms with Crippen LogP contribution in [0.15, 0.2) is 46.2 Å². The van der Waals surface area contributed by atoms with Crippen LogP contribution in [0.4, 0.5) is 0 Å². The highest BCUT2D eigenvalue weighted by Crippen LogP contribution is 2.50. The van der Waals surface area contributed by atoms with Crippen molar-refractivity contribution in [1.29, 1.82) is 0 Å². The zero-order chi connectivity index (χ0) is 25.7. The molecule has 4 nitrogen and oxygen atoms in total. The summed E-state index contributed by atoms with van der Waals surface area (Å²) in [5, 5.41) is 16.0. The summed E-state index contributed by atoms with van der Waals surface area (Å²) < 4.78 is 0. The van der Waals surface area contributed by atoms with Crippen molar-refractivity contribution in [2.75, 3.05) is 13.1 Å². The maximum atomic E-state index is 14.2. The second-order valence-corrected chi connectivity index (χ2v) is 12.1. The molecule has 0 bridgehead atoms. The number of aliphatic hydroxyl groups excluding tert-OH is 1. The van der Waals surface area contributed by atoms with Gasteiger partial charge in [-0.25, -0.2) is 0 Å². The number of thiophene rings is 2. The van der Waals surface area contributed by atoms with E-state index < -0.39 is 6.23 Å². The lowest BCUT2D eigenvalue weighted by Gasteiger charge is -2.32. The Morgan fingerprint density at radius 1 is 0.861 bits per heavy atom. The Morgan fingerprint density at radius 2 is 1.42 bits per heavy atom. The SMILES string of the molecule is CCCCC(CC)CN1C(=O)C2=C(c3cccs3)N(CC(CC)CCCC)C(O)C2=C1c1cccs1. The fourth-order valence-corrected chi connectivity index (χ4v) is 7.20. The highest BCUT2D eigenvalue weighted by atomic mass is 32.1. The predicted octanol–water partition coefficient (Wildman–Crippen LogP) is 7.84. The number of hydrogen-bond donors (Lipinski definition) is 1. The molecule has 0 radical (unpaired) electrons. The molecular formula is C30H42N2O2S2. The van der Waals surface area contributed by atoms with E-state index in [1.54, 1.807) is 22.7 Å². The van der Waals surface area contributed by atoms with Crippen LogP contribution in [0, 0.1) is 11.8 Å². The minimum absolute atomic E-state index is 0.0647. The molecule has 6 heteroatoms. The number of aliphatic hydroxyl groups is 1. The molecule has 0 saturated carbocycles. The van der Waals surface area contributed by atoms with E-state index in [0.29, 0.717) is 18.4 Å². The normalized spacial score (nSPS) is 19.6. The van der Waals surface area contributed by atoms with Crippen molar-refractivity contribution in [3.05, 3.63) is 55.9 Å². The van der Waals surface area contributed by atoms with Gasteiger partial charge in [0.05, 0.1) is 26.7 Å². The van der Waals surface area contributed by atoms with Gasteiger partial charge in [0.25, 0.3) is 5.91 Å². The van der Waals surface area contributed by atoms with Crippen molar-refractivity contribution >= 4 is 40.0 Å². The molecule has 0 fully saturated rings. The number of fused-ring (bicyclic) bond motifs is 1. The van der Waals surface area contributed by atoms with Gasteiger partial charge in [0.15, 0.2) is 6.23 Å². The molecule has 2 aromatic rings. The van der Waals surface area contributed by atoms with Gasteiger partial charge in [0.1, 0.15) is 0 Å². The van der Waals surface area contributed by atoms with Crippen molar-refractivity contribution < 1.29 is 9.90 Å². The van der Waals surface area contributed by atoms with Gasteiger partial charge in [0.2, 0.25) is 0 Å². The summed E-state index contributed by atoms with van der Waals surface area (Å²) in [6, 6.07) is 8.28. The Morgan fingerprint density at radius 3 is 1.92 bits per heavy atom. The lowest BCUT2D eigenvalue weighted by atomic mass is 9.98. The third-order valence-corrected chi connectivity index (χ3v) is 9.58. The molecule has 2 aliphatic heterocycles. The van der Waals surface area contributed by atoms with E-state index in [1.807, 2.05) is 17.0 Å². The molecule has 0 aromatic carbocycles. The van der Waals surface area contributed by atoms with E-state index in [1.165, 1.54) is 25.7 Å². The van der Waals surface area contributed by atoms with Crippen LogP contribution in [0.1, 0.15) is 88.8 Å². The second-order valence-electron chi connectivity index (χ2n) is 10.2. The number of amides is 1. The molecule has 4 rings (SSSR count). The molecule has 3 atom stereocenters. The summed E-state index contributed by atoms with van der Waals surface area (Å²) in [6.45, 7) is 10.4. The molecule has 196 valence electrons. The van der Waals surface area contributed by atoms with Crippen molar-refractivity contribution in [2.45, 2.75) is 85.3 Å². The van der Waals surface area contributed by atoms with Crippen LogP contribution in [0.3, 0.4) is 0 Å². The lowest BCUT2D eigenvalue weighted by Crippen LogP contribution is -2.36. The van der Waals surface area contributed by atoms with Crippen LogP contribution in [0.25, 0.3) is 11.4 Å². The molecule has 4 heterocycles. The quantitative estimate of drug-likeness (QED) is 0.273. The number of nitrogens with zero attached hydrogens (tertiary/aromatic N) is 2. The van der Waals surface area contributed by atoms with E-state index in [2.05, 4.69) is 55.5 Å². The Kier molecular flexibility index (Phi) is 9.48. The minimum atomic E-state index is -0.797. The molecule has 36 heavy (non-hydrogen) atoms. The molecule has 0 aliphatic carbocycles. The van der Waals surface area contributed by atoms with Crippen LogP contribution in [-0.4, -0.2) is 40.1 Å². The number of unbranched alkanes of at least 4 members (excludes halogenated alkanes) is 2. The largest absolute Gasteiger partial charge is 0.369 e. The summed E-state index contributed by atoms with van der Waals surface area (Å²) in [5.74, 6) is 1.01. The summed E-state index contributed by atoms with van der Waals surface area (Å²) >= 11 is 3.32. The third kappa shape index (κ3) is 5.36. The first-order valence-electron chi connectivity index (χ1n) is 13.9. The van der Waals surface area contributed by atoms with Gasteiger partial charge >= 0.3 is 0 Å². The van der Waals surface area contributed by atoms with Crippen molar-refractivity contribution in [1.82, 2.24) is 9.80 Å². The standard InChI is InChI=1S/C30H42N2O2S2/c1-5-9-13-21(7-3)19-31-27(23-15-11-17-35-23)25-26(29(31)33)28(24-16-12-18-36-24)32(30(25)34)20-22(8-4)14-10-6-2/h11-12,15-18,21-22,29,33H,5-10,13-14,19-20H2,1-4H3. The third-order valence-electron chi connectivity index (χ3n) is 7.82. The zero-order valence-electron chi connectivity index (χ0n) is 22.3. The predicted molar refractivity (Wildman–Crippen MR) is 154 cm³/mol. The van der Waals surface area contributed by atoms with Gasteiger partial charge in [-0.3, -0.25) is 4.79 Å². The molecule has 1 amide bonds. The molecule has 0 spiro atoms. The van der Waals surface area contributed by atoms with Crippen LogP contribution in [-0.2, 0) is 4.79 Å². The first-order chi connectivity index (χ1) is 17.5. The van der Waals surface area contributed by atoms with Crippen LogP contribution < -0.4 is 0 Å². The van der Waals surface area contributed by atoms with Crippen molar-refractivity contribution in [3.63, 3.8) is 0 Å².